The Balaban J connectivity index is 2.09. The van der Waals surface area contributed by atoms with Crippen LogP contribution in [0.5, 0.6) is 0 Å². The molecule has 1 aromatic carbocycles. The lowest BCUT2D eigenvalue weighted by Crippen LogP contribution is -2.39. The first-order chi connectivity index (χ1) is 8.96. The van der Waals surface area contributed by atoms with Crippen LogP contribution in [0.4, 0.5) is 0 Å². The predicted molar refractivity (Wildman–Crippen MR) is 82.5 cm³/mol. The fraction of sp³-hybridized carbons (Fsp3) is 0.571. The van der Waals surface area contributed by atoms with Crippen LogP contribution in [0.25, 0.3) is 0 Å². The van der Waals surface area contributed by atoms with Crippen molar-refractivity contribution in [3.05, 3.63) is 35.4 Å². The fourth-order valence-electron chi connectivity index (χ4n) is 2.28. The first-order valence-corrected chi connectivity index (χ1v) is 9.73. The molecule has 5 heteroatoms. The van der Waals surface area contributed by atoms with Gasteiger partial charge in [0.1, 0.15) is 9.84 Å². The molecule has 0 amide bonds. The summed E-state index contributed by atoms with van der Waals surface area (Å²) in [4.78, 5) is 2.31. The summed E-state index contributed by atoms with van der Waals surface area (Å²) >= 11 is 1.95. The molecule has 1 fully saturated rings. The zero-order chi connectivity index (χ0) is 13.9. The minimum atomic E-state index is -2.88. The lowest BCUT2D eigenvalue weighted by atomic mass is 10.0. The number of sulfone groups is 1. The SMILES string of the molecule is Cc1ccc([C@@H]2CSCCN2CCS(C)(=O)=O)cc1. The minimum absolute atomic E-state index is 0.250. The Labute approximate surface area is 120 Å². The van der Waals surface area contributed by atoms with Crippen molar-refractivity contribution in [1.82, 2.24) is 4.90 Å². The van der Waals surface area contributed by atoms with Gasteiger partial charge in [-0.05, 0) is 12.5 Å². The highest BCUT2D eigenvalue weighted by atomic mass is 32.2. The highest BCUT2D eigenvalue weighted by Gasteiger charge is 2.24. The number of nitrogens with zero attached hydrogens (tertiary/aromatic N) is 1. The van der Waals surface area contributed by atoms with Crippen LogP contribution in [0.2, 0.25) is 0 Å². The summed E-state index contributed by atoms with van der Waals surface area (Å²) in [6.45, 7) is 3.69. The third-order valence-corrected chi connectivity index (χ3v) is 5.40. The molecule has 106 valence electrons. The molecule has 2 rings (SSSR count). The molecule has 0 bridgehead atoms. The third kappa shape index (κ3) is 4.51. The molecule has 0 spiro atoms. The van der Waals surface area contributed by atoms with Crippen molar-refractivity contribution in [2.75, 3.05) is 36.6 Å². The van der Waals surface area contributed by atoms with Crippen molar-refractivity contribution < 1.29 is 8.42 Å². The third-order valence-electron chi connectivity index (χ3n) is 3.45. The fourth-order valence-corrected chi connectivity index (χ4v) is 4.01. The summed E-state index contributed by atoms with van der Waals surface area (Å²) in [6.07, 6.45) is 1.31. The molecule has 1 aliphatic heterocycles. The normalized spacial score (nSPS) is 21.5. The Morgan fingerprint density at radius 1 is 1.32 bits per heavy atom. The second-order valence-corrected chi connectivity index (χ2v) is 8.58. The first-order valence-electron chi connectivity index (χ1n) is 6.52. The number of aryl methyl sites for hydroxylation is 1. The maximum atomic E-state index is 11.3. The maximum Gasteiger partial charge on any atom is 0.148 e. The van der Waals surface area contributed by atoms with Crippen LogP contribution >= 0.6 is 11.8 Å². The zero-order valence-electron chi connectivity index (χ0n) is 11.5. The van der Waals surface area contributed by atoms with Gasteiger partial charge >= 0.3 is 0 Å². The van der Waals surface area contributed by atoms with E-state index >= 15 is 0 Å². The molecule has 19 heavy (non-hydrogen) atoms. The number of hydrogen-bond donors (Lipinski definition) is 0. The van der Waals surface area contributed by atoms with Gasteiger partial charge in [-0.15, -0.1) is 0 Å². The van der Waals surface area contributed by atoms with Gasteiger partial charge < -0.3 is 0 Å². The van der Waals surface area contributed by atoms with Crippen LogP contribution < -0.4 is 0 Å². The van der Waals surface area contributed by atoms with Crippen molar-refractivity contribution in [3.63, 3.8) is 0 Å². The second kappa shape index (κ2) is 6.29. The molecule has 0 aromatic heterocycles. The summed E-state index contributed by atoms with van der Waals surface area (Å²) in [5, 5.41) is 0. The summed E-state index contributed by atoms with van der Waals surface area (Å²) in [5.74, 6) is 2.39. The molecule has 0 saturated carbocycles. The Kier molecular flexibility index (Phi) is 4.92. The number of hydrogen-bond acceptors (Lipinski definition) is 4. The summed E-state index contributed by atoms with van der Waals surface area (Å²) in [7, 11) is -2.88. The Morgan fingerprint density at radius 3 is 2.63 bits per heavy atom. The standard InChI is InChI=1S/C14H21NO2S2/c1-12-3-5-13(6-4-12)14-11-18-9-7-15(14)8-10-19(2,16)17/h3-6,14H,7-11H2,1-2H3/t14-/m0/s1. The summed E-state index contributed by atoms with van der Waals surface area (Å²) < 4.78 is 22.7. The van der Waals surface area contributed by atoms with Crippen molar-refractivity contribution >= 4 is 21.6 Å². The molecule has 1 aliphatic rings. The smallest absolute Gasteiger partial charge is 0.148 e. The molecule has 1 atom stereocenters. The van der Waals surface area contributed by atoms with Crippen molar-refractivity contribution in [2.45, 2.75) is 13.0 Å². The van der Waals surface area contributed by atoms with E-state index in [4.69, 9.17) is 0 Å². The average molecular weight is 299 g/mol. The highest BCUT2D eigenvalue weighted by Crippen LogP contribution is 2.29. The monoisotopic (exact) mass is 299 g/mol. The molecule has 1 saturated heterocycles. The Bertz CT molecular complexity index is 511. The van der Waals surface area contributed by atoms with Crippen molar-refractivity contribution in [1.29, 1.82) is 0 Å². The van der Waals surface area contributed by atoms with Gasteiger partial charge in [-0.25, -0.2) is 8.42 Å². The van der Waals surface area contributed by atoms with E-state index < -0.39 is 9.84 Å². The number of thioether (sulfide) groups is 1. The van der Waals surface area contributed by atoms with Gasteiger partial charge in [-0.2, -0.15) is 11.8 Å². The number of rotatable bonds is 4. The van der Waals surface area contributed by atoms with Gasteiger partial charge in [0.25, 0.3) is 0 Å². The van der Waals surface area contributed by atoms with Crippen LogP contribution in [0.3, 0.4) is 0 Å². The minimum Gasteiger partial charge on any atom is -0.294 e. The van der Waals surface area contributed by atoms with E-state index in [2.05, 4.69) is 36.1 Å². The van der Waals surface area contributed by atoms with E-state index in [1.165, 1.54) is 17.4 Å². The van der Waals surface area contributed by atoms with Crippen LogP contribution in [0.15, 0.2) is 24.3 Å². The van der Waals surface area contributed by atoms with Gasteiger partial charge in [-0.3, -0.25) is 4.90 Å². The lowest BCUT2D eigenvalue weighted by molar-refractivity contribution is 0.234. The van der Waals surface area contributed by atoms with Crippen LogP contribution in [-0.4, -0.2) is 49.9 Å². The van der Waals surface area contributed by atoms with Crippen LogP contribution in [-0.2, 0) is 9.84 Å². The molecule has 1 heterocycles. The molecular formula is C14H21NO2S2. The topological polar surface area (TPSA) is 37.4 Å². The molecular weight excluding hydrogens is 278 g/mol. The summed E-state index contributed by atoms with van der Waals surface area (Å²) in [6, 6.07) is 8.94. The first kappa shape index (κ1) is 14.9. The van der Waals surface area contributed by atoms with Crippen molar-refractivity contribution in [2.24, 2.45) is 0 Å². The average Bonchev–Trinajstić information content (AvgIpc) is 2.37. The zero-order valence-corrected chi connectivity index (χ0v) is 13.1. The Hall–Kier alpha value is -0.520. The quantitative estimate of drug-likeness (QED) is 0.853. The molecule has 0 N–H and O–H groups in total. The van der Waals surface area contributed by atoms with E-state index in [-0.39, 0.29) is 5.75 Å². The molecule has 0 aliphatic carbocycles. The lowest BCUT2D eigenvalue weighted by Gasteiger charge is -2.35. The van der Waals surface area contributed by atoms with E-state index in [1.807, 2.05) is 11.8 Å². The van der Waals surface area contributed by atoms with Crippen LogP contribution in [0.1, 0.15) is 17.2 Å². The van der Waals surface area contributed by atoms with Gasteiger partial charge in [0.15, 0.2) is 0 Å². The van der Waals surface area contributed by atoms with E-state index in [0.717, 1.165) is 18.1 Å². The van der Waals surface area contributed by atoms with Gasteiger partial charge in [0.05, 0.1) is 5.75 Å². The molecule has 3 nitrogen and oxygen atoms in total. The molecule has 0 unspecified atom stereocenters. The van der Waals surface area contributed by atoms with E-state index in [1.54, 1.807) is 0 Å². The largest absolute Gasteiger partial charge is 0.294 e. The van der Waals surface area contributed by atoms with Gasteiger partial charge in [0.2, 0.25) is 0 Å². The van der Waals surface area contributed by atoms with Crippen molar-refractivity contribution in [3.8, 4) is 0 Å². The molecule has 0 radical (unpaired) electrons. The van der Waals surface area contributed by atoms with Gasteiger partial charge in [0, 0.05) is 36.9 Å². The van der Waals surface area contributed by atoms with Gasteiger partial charge in [-0.1, -0.05) is 29.8 Å². The maximum absolute atomic E-state index is 11.3. The summed E-state index contributed by atoms with van der Waals surface area (Å²) in [5.41, 5.74) is 2.56. The second-order valence-electron chi connectivity index (χ2n) is 5.17. The number of benzene rings is 1. The van der Waals surface area contributed by atoms with E-state index in [0.29, 0.717) is 12.6 Å². The predicted octanol–water partition coefficient (Wildman–Crippen LogP) is 2.13. The van der Waals surface area contributed by atoms with E-state index in [9.17, 15) is 8.42 Å². The highest BCUT2D eigenvalue weighted by molar-refractivity contribution is 7.99. The van der Waals surface area contributed by atoms with Crippen LogP contribution in [0, 0.1) is 6.92 Å². The molecule has 1 aromatic rings. The Morgan fingerprint density at radius 2 is 2.00 bits per heavy atom.